The van der Waals surface area contributed by atoms with E-state index in [2.05, 4.69) is 21.2 Å². The van der Waals surface area contributed by atoms with Gasteiger partial charge in [-0.25, -0.2) is 8.78 Å². The third-order valence-electron chi connectivity index (χ3n) is 3.19. The summed E-state index contributed by atoms with van der Waals surface area (Å²) in [7, 11) is 0. The summed E-state index contributed by atoms with van der Waals surface area (Å²) >= 11 is 3.13. The summed E-state index contributed by atoms with van der Waals surface area (Å²) in [5.74, 6) is -0.784. The Bertz CT molecular complexity index is 434. The van der Waals surface area contributed by atoms with E-state index in [1.807, 2.05) is 4.90 Å². The molecule has 1 aliphatic heterocycles. The minimum atomic E-state index is -0.732. The van der Waals surface area contributed by atoms with Crippen LogP contribution in [0.2, 0.25) is 0 Å². The summed E-state index contributed by atoms with van der Waals surface area (Å²) < 4.78 is 27.5. The van der Waals surface area contributed by atoms with Crippen molar-refractivity contribution < 1.29 is 13.9 Å². The molecule has 2 N–H and O–H groups in total. The van der Waals surface area contributed by atoms with E-state index in [4.69, 9.17) is 0 Å². The van der Waals surface area contributed by atoms with E-state index in [-0.39, 0.29) is 36.1 Å². The van der Waals surface area contributed by atoms with Crippen LogP contribution in [0.3, 0.4) is 0 Å². The van der Waals surface area contributed by atoms with Crippen LogP contribution >= 0.6 is 40.7 Å². The highest BCUT2D eigenvalue weighted by molar-refractivity contribution is 9.10. The van der Waals surface area contributed by atoms with Gasteiger partial charge in [-0.1, -0.05) is 0 Å². The summed E-state index contributed by atoms with van der Waals surface area (Å²) in [6.45, 7) is 2.04. The number of aromatic hydroxyl groups is 1. The molecular weight excluding hydrogens is 377 g/mol. The molecule has 0 amide bonds. The van der Waals surface area contributed by atoms with E-state index in [0.717, 1.165) is 13.1 Å². The van der Waals surface area contributed by atoms with Gasteiger partial charge in [-0.05, 0) is 28.1 Å². The lowest BCUT2D eigenvalue weighted by molar-refractivity contribution is 0.142. The highest BCUT2D eigenvalue weighted by atomic mass is 79.9. The van der Waals surface area contributed by atoms with Gasteiger partial charge in [0.05, 0.1) is 16.1 Å². The molecule has 20 heavy (non-hydrogen) atoms. The van der Waals surface area contributed by atoms with Gasteiger partial charge in [0, 0.05) is 26.2 Å². The van der Waals surface area contributed by atoms with Gasteiger partial charge in [0.2, 0.25) is 0 Å². The molecule has 3 nitrogen and oxygen atoms in total. The fourth-order valence-electron chi connectivity index (χ4n) is 2.22. The van der Waals surface area contributed by atoms with Crippen LogP contribution in [0.15, 0.2) is 16.6 Å². The van der Waals surface area contributed by atoms with E-state index >= 15 is 0 Å². The van der Waals surface area contributed by atoms with Gasteiger partial charge in [0.25, 0.3) is 0 Å². The van der Waals surface area contributed by atoms with Crippen LogP contribution in [0.5, 0.6) is 5.75 Å². The lowest BCUT2D eigenvalue weighted by Gasteiger charge is -2.34. The molecule has 1 aromatic rings. The summed E-state index contributed by atoms with van der Waals surface area (Å²) in [4.78, 5) is 1.85. The minimum absolute atomic E-state index is 0. The maximum Gasteiger partial charge on any atom is 0.137 e. The second-order valence-electron chi connectivity index (χ2n) is 4.25. The highest BCUT2D eigenvalue weighted by Gasteiger charge is 2.28. The predicted molar refractivity (Wildman–Crippen MR) is 83.4 cm³/mol. The standard InChI is InChI=1S/C12H15BrF2N2O.2ClH/c13-8-1-2-9(15)11(12(8)18)10(7-14)17-5-3-16-4-6-17;;/h1-2,10,16,18H,3-7H2;2*1H/t10-;;/m0../s1. The van der Waals surface area contributed by atoms with Crippen molar-refractivity contribution in [1.82, 2.24) is 10.2 Å². The molecule has 0 radical (unpaired) electrons. The summed E-state index contributed by atoms with van der Waals surface area (Å²) in [5, 5.41) is 13.1. The van der Waals surface area contributed by atoms with Gasteiger partial charge in [0.1, 0.15) is 18.2 Å². The van der Waals surface area contributed by atoms with Gasteiger partial charge in [-0.15, -0.1) is 24.8 Å². The van der Waals surface area contributed by atoms with Crippen molar-refractivity contribution in [2.24, 2.45) is 0 Å². The minimum Gasteiger partial charge on any atom is -0.506 e. The molecule has 8 heteroatoms. The van der Waals surface area contributed by atoms with Crippen LogP contribution in [0.25, 0.3) is 0 Å². The van der Waals surface area contributed by atoms with Gasteiger partial charge in [-0.3, -0.25) is 4.90 Å². The Labute approximate surface area is 137 Å². The van der Waals surface area contributed by atoms with E-state index in [1.54, 1.807) is 0 Å². The van der Waals surface area contributed by atoms with Crippen LogP contribution in [0.1, 0.15) is 11.6 Å². The van der Waals surface area contributed by atoms with E-state index < -0.39 is 18.5 Å². The lowest BCUT2D eigenvalue weighted by atomic mass is 10.0. The topological polar surface area (TPSA) is 35.5 Å². The molecule has 1 saturated heterocycles. The van der Waals surface area contributed by atoms with Gasteiger partial charge in [0.15, 0.2) is 0 Å². The summed E-state index contributed by atoms with van der Waals surface area (Å²) in [6, 6.07) is 1.93. The third-order valence-corrected chi connectivity index (χ3v) is 3.83. The first kappa shape index (κ1) is 19.9. The molecule has 0 aliphatic carbocycles. The molecule has 0 aromatic heterocycles. The molecule has 1 atom stereocenters. The molecule has 1 heterocycles. The zero-order valence-electron chi connectivity index (χ0n) is 10.6. The van der Waals surface area contributed by atoms with Crippen molar-refractivity contribution in [3.8, 4) is 5.75 Å². The quantitative estimate of drug-likeness (QED) is 0.828. The number of benzene rings is 1. The SMILES string of the molecule is Cl.Cl.Oc1c(Br)ccc(F)c1[C@H](CF)N1CCNCC1. The molecule has 0 saturated carbocycles. The molecule has 1 aromatic carbocycles. The zero-order valence-corrected chi connectivity index (χ0v) is 13.8. The fraction of sp³-hybridized carbons (Fsp3) is 0.500. The van der Waals surface area contributed by atoms with Crippen LogP contribution < -0.4 is 5.32 Å². The molecular formula is C12H17BrCl2F2N2O. The Morgan fingerprint density at radius 3 is 2.45 bits per heavy atom. The van der Waals surface area contributed by atoms with Crippen molar-refractivity contribution in [3.05, 3.63) is 28.0 Å². The highest BCUT2D eigenvalue weighted by Crippen LogP contribution is 2.36. The van der Waals surface area contributed by atoms with Gasteiger partial charge in [-0.2, -0.15) is 0 Å². The van der Waals surface area contributed by atoms with E-state index in [0.29, 0.717) is 17.6 Å². The maximum atomic E-state index is 13.8. The van der Waals surface area contributed by atoms with Crippen molar-refractivity contribution in [2.75, 3.05) is 32.9 Å². The number of halogens is 5. The molecule has 0 unspecified atom stereocenters. The number of piperazine rings is 1. The second-order valence-corrected chi connectivity index (χ2v) is 5.10. The zero-order chi connectivity index (χ0) is 13.1. The van der Waals surface area contributed by atoms with E-state index in [1.165, 1.54) is 12.1 Å². The van der Waals surface area contributed by atoms with Gasteiger partial charge >= 0.3 is 0 Å². The largest absolute Gasteiger partial charge is 0.506 e. The molecule has 1 aliphatic rings. The maximum absolute atomic E-state index is 13.8. The number of phenols is 1. The number of hydrogen-bond donors (Lipinski definition) is 2. The first-order valence-electron chi connectivity index (χ1n) is 5.82. The van der Waals surface area contributed by atoms with Crippen LogP contribution in [-0.2, 0) is 0 Å². The molecule has 2 rings (SSSR count). The third kappa shape index (κ3) is 4.18. The fourth-order valence-corrected chi connectivity index (χ4v) is 2.57. The van der Waals surface area contributed by atoms with Crippen LogP contribution in [0.4, 0.5) is 8.78 Å². The number of alkyl halides is 1. The number of nitrogens with zero attached hydrogens (tertiary/aromatic N) is 1. The first-order valence-corrected chi connectivity index (χ1v) is 6.62. The number of hydrogen-bond acceptors (Lipinski definition) is 3. The predicted octanol–water partition coefficient (Wildman–Crippen LogP) is 3.05. The molecule has 116 valence electrons. The Balaban J connectivity index is 0.00000180. The first-order chi connectivity index (χ1) is 8.65. The summed E-state index contributed by atoms with van der Waals surface area (Å²) in [5.41, 5.74) is 0.0359. The monoisotopic (exact) mass is 392 g/mol. The van der Waals surface area contributed by atoms with Crippen LogP contribution in [0, 0.1) is 5.82 Å². The van der Waals surface area contributed by atoms with Crippen molar-refractivity contribution >= 4 is 40.7 Å². The normalized spacial score (nSPS) is 16.9. The Hall–Kier alpha value is -0.140. The smallest absolute Gasteiger partial charge is 0.137 e. The number of nitrogens with one attached hydrogen (secondary N) is 1. The number of rotatable bonds is 3. The second kappa shape index (κ2) is 9.00. The molecule has 0 bridgehead atoms. The lowest BCUT2D eigenvalue weighted by Crippen LogP contribution is -2.45. The Morgan fingerprint density at radius 2 is 1.90 bits per heavy atom. The molecule has 0 spiro atoms. The number of phenolic OH excluding ortho intramolecular Hbond substituents is 1. The van der Waals surface area contributed by atoms with Crippen LogP contribution in [-0.4, -0.2) is 42.9 Å². The van der Waals surface area contributed by atoms with Crippen molar-refractivity contribution in [3.63, 3.8) is 0 Å². The molecule has 1 fully saturated rings. The van der Waals surface area contributed by atoms with E-state index in [9.17, 15) is 13.9 Å². The Kier molecular flexibility index (Phi) is 8.93. The average Bonchev–Trinajstić information content (AvgIpc) is 2.40. The Morgan fingerprint density at radius 1 is 1.30 bits per heavy atom. The average molecular weight is 394 g/mol. The van der Waals surface area contributed by atoms with Crippen molar-refractivity contribution in [2.45, 2.75) is 6.04 Å². The van der Waals surface area contributed by atoms with Gasteiger partial charge < -0.3 is 10.4 Å². The summed E-state index contributed by atoms with van der Waals surface area (Å²) in [6.07, 6.45) is 0. The van der Waals surface area contributed by atoms with Crippen molar-refractivity contribution in [1.29, 1.82) is 0 Å².